The smallest absolute Gasteiger partial charge is 0.0537 e. The Morgan fingerprint density at radius 2 is 2.07 bits per heavy atom. The standard InChI is InChI=1S/C14H28O/c1-5-13(15)7-9-14(4)8-6-11(2)10-12(14)3/h11-13,15H,5-10H2,1-4H3/t11-,12+,13-,14-/m0/s1. The molecule has 0 bridgehead atoms. The number of hydrogen-bond acceptors (Lipinski definition) is 1. The van der Waals surface area contributed by atoms with Gasteiger partial charge in [-0.3, -0.25) is 0 Å². The van der Waals surface area contributed by atoms with Gasteiger partial charge in [-0.1, -0.05) is 34.1 Å². The van der Waals surface area contributed by atoms with Gasteiger partial charge in [0.25, 0.3) is 0 Å². The number of hydrogen-bond donors (Lipinski definition) is 1. The first-order valence-electron chi connectivity index (χ1n) is 6.66. The molecule has 1 heteroatoms. The average Bonchev–Trinajstić information content (AvgIpc) is 2.21. The van der Waals surface area contributed by atoms with Crippen molar-refractivity contribution in [2.75, 3.05) is 0 Å². The zero-order chi connectivity index (χ0) is 11.5. The zero-order valence-corrected chi connectivity index (χ0v) is 10.9. The van der Waals surface area contributed by atoms with Crippen molar-refractivity contribution in [3.63, 3.8) is 0 Å². The highest BCUT2D eigenvalue weighted by Crippen LogP contribution is 2.46. The van der Waals surface area contributed by atoms with E-state index in [1.807, 2.05) is 0 Å². The molecular formula is C14H28O. The van der Waals surface area contributed by atoms with E-state index >= 15 is 0 Å². The van der Waals surface area contributed by atoms with E-state index in [9.17, 15) is 5.11 Å². The van der Waals surface area contributed by atoms with E-state index in [-0.39, 0.29) is 6.10 Å². The van der Waals surface area contributed by atoms with E-state index in [4.69, 9.17) is 0 Å². The molecule has 0 aromatic heterocycles. The van der Waals surface area contributed by atoms with Crippen LogP contribution in [0.15, 0.2) is 0 Å². The number of aliphatic hydroxyl groups is 1. The SMILES string of the molecule is CC[C@H](O)CC[C@]1(C)CC[C@H](C)C[C@H]1C. The Morgan fingerprint density at radius 3 is 2.60 bits per heavy atom. The summed E-state index contributed by atoms with van der Waals surface area (Å²) in [4.78, 5) is 0. The van der Waals surface area contributed by atoms with Crippen molar-refractivity contribution < 1.29 is 5.11 Å². The van der Waals surface area contributed by atoms with Gasteiger partial charge in [0.05, 0.1) is 6.10 Å². The van der Waals surface area contributed by atoms with Crippen LogP contribution in [0.5, 0.6) is 0 Å². The summed E-state index contributed by atoms with van der Waals surface area (Å²) in [5.74, 6) is 1.73. The van der Waals surface area contributed by atoms with E-state index in [1.165, 1.54) is 25.7 Å². The normalized spacial score (nSPS) is 39.0. The molecule has 1 rings (SSSR count). The Balaban J connectivity index is 2.43. The van der Waals surface area contributed by atoms with Gasteiger partial charge in [-0.05, 0) is 49.4 Å². The fourth-order valence-electron chi connectivity index (χ4n) is 2.90. The third kappa shape index (κ3) is 3.48. The van der Waals surface area contributed by atoms with Crippen LogP contribution in [0.4, 0.5) is 0 Å². The monoisotopic (exact) mass is 212 g/mol. The zero-order valence-electron chi connectivity index (χ0n) is 10.9. The minimum absolute atomic E-state index is 0.0756. The first-order chi connectivity index (χ1) is 6.98. The van der Waals surface area contributed by atoms with Gasteiger partial charge in [0.1, 0.15) is 0 Å². The Bertz CT molecular complexity index is 190. The van der Waals surface area contributed by atoms with Crippen molar-refractivity contribution >= 4 is 0 Å². The highest BCUT2D eigenvalue weighted by atomic mass is 16.3. The average molecular weight is 212 g/mol. The van der Waals surface area contributed by atoms with Gasteiger partial charge in [-0.15, -0.1) is 0 Å². The van der Waals surface area contributed by atoms with Crippen LogP contribution in [0, 0.1) is 17.3 Å². The van der Waals surface area contributed by atoms with Gasteiger partial charge in [0, 0.05) is 0 Å². The van der Waals surface area contributed by atoms with Crippen molar-refractivity contribution in [3.8, 4) is 0 Å². The third-order valence-corrected chi connectivity index (χ3v) is 4.67. The maximum absolute atomic E-state index is 9.64. The molecule has 0 spiro atoms. The third-order valence-electron chi connectivity index (χ3n) is 4.67. The van der Waals surface area contributed by atoms with E-state index in [1.54, 1.807) is 0 Å². The summed E-state index contributed by atoms with van der Waals surface area (Å²) < 4.78 is 0. The molecule has 0 heterocycles. The molecule has 0 radical (unpaired) electrons. The molecule has 4 atom stereocenters. The summed E-state index contributed by atoms with van der Waals surface area (Å²) >= 11 is 0. The molecule has 1 N–H and O–H groups in total. The lowest BCUT2D eigenvalue weighted by molar-refractivity contribution is 0.0621. The highest BCUT2D eigenvalue weighted by Gasteiger charge is 2.35. The van der Waals surface area contributed by atoms with Crippen molar-refractivity contribution in [1.82, 2.24) is 0 Å². The summed E-state index contributed by atoms with van der Waals surface area (Å²) in [5.41, 5.74) is 0.489. The fourth-order valence-corrected chi connectivity index (χ4v) is 2.90. The van der Waals surface area contributed by atoms with Gasteiger partial charge in [-0.2, -0.15) is 0 Å². The van der Waals surface area contributed by atoms with Crippen LogP contribution in [0.25, 0.3) is 0 Å². The predicted molar refractivity (Wildman–Crippen MR) is 65.8 cm³/mol. The Kier molecular flexibility index (Phi) is 4.64. The van der Waals surface area contributed by atoms with Crippen LogP contribution in [-0.4, -0.2) is 11.2 Å². The maximum Gasteiger partial charge on any atom is 0.0537 e. The molecule has 1 aliphatic rings. The Morgan fingerprint density at radius 1 is 1.40 bits per heavy atom. The maximum atomic E-state index is 9.64. The summed E-state index contributed by atoms with van der Waals surface area (Å²) in [5, 5.41) is 9.64. The van der Waals surface area contributed by atoms with Crippen molar-refractivity contribution in [1.29, 1.82) is 0 Å². The van der Waals surface area contributed by atoms with E-state index in [0.717, 1.165) is 24.7 Å². The molecule has 15 heavy (non-hydrogen) atoms. The molecule has 0 unspecified atom stereocenters. The summed E-state index contributed by atoms with van der Waals surface area (Å²) in [6, 6.07) is 0. The minimum atomic E-state index is -0.0756. The molecule has 1 saturated carbocycles. The lowest BCUT2D eigenvalue weighted by atomic mass is 9.63. The van der Waals surface area contributed by atoms with Crippen LogP contribution in [-0.2, 0) is 0 Å². The topological polar surface area (TPSA) is 20.2 Å². The number of rotatable bonds is 4. The van der Waals surface area contributed by atoms with Crippen molar-refractivity contribution in [3.05, 3.63) is 0 Å². The molecule has 0 aliphatic heterocycles. The molecule has 90 valence electrons. The molecule has 0 amide bonds. The summed E-state index contributed by atoms with van der Waals surface area (Å²) in [6.07, 6.45) is 7.13. The quantitative estimate of drug-likeness (QED) is 0.747. The molecule has 0 aromatic carbocycles. The second-order valence-electron chi connectivity index (χ2n) is 6.04. The predicted octanol–water partition coefficient (Wildman–Crippen LogP) is 4.00. The lowest BCUT2D eigenvalue weighted by Crippen LogP contribution is -2.32. The van der Waals surface area contributed by atoms with Crippen LogP contribution in [0.2, 0.25) is 0 Å². The van der Waals surface area contributed by atoms with E-state index < -0.39 is 0 Å². The van der Waals surface area contributed by atoms with Gasteiger partial charge < -0.3 is 5.11 Å². The largest absolute Gasteiger partial charge is 0.393 e. The fraction of sp³-hybridized carbons (Fsp3) is 1.00. The summed E-state index contributed by atoms with van der Waals surface area (Å²) in [6.45, 7) is 9.26. The van der Waals surface area contributed by atoms with Gasteiger partial charge in [-0.25, -0.2) is 0 Å². The molecule has 1 fully saturated rings. The second kappa shape index (κ2) is 5.34. The first-order valence-corrected chi connectivity index (χ1v) is 6.66. The minimum Gasteiger partial charge on any atom is -0.393 e. The van der Waals surface area contributed by atoms with Crippen LogP contribution < -0.4 is 0 Å². The number of aliphatic hydroxyl groups excluding tert-OH is 1. The molecule has 0 saturated heterocycles. The summed E-state index contributed by atoms with van der Waals surface area (Å²) in [7, 11) is 0. The van der Waals surface area contributed by atoms with E-state index in [0.29, 0.717) is 5.41 Å². The van der Waals surface area contributed by atoms with Crippen molar-refractivity contribution in [2.45, 2.75) is 72.3 Å². The van der Waals surface area contributed by atoms with Crippen LogP contribution in [0.3, 0.4) is 0 Å². The molecular weight excluding hydrogens is 184 g/mol. The van der Waals surface area contributed by atoms with Gasteiger partial charge in [0.2, 0.25) is 0 Å². The van der Waals surface area contributed by atoms with E-state index in [2.05, 4.69) is 27.7 Å². The van der Waals surface area contributed by atoms with Gasteiger partial charge in [0.15, 0.2) is 0 Å². The van der Waals surface area contributed by atoms with Crippen LogP contribution in [0.1, 0.15) is 66.2 Å². The molecule has 0 aromatic rings. The molecule has 1 nitrogen and oxygen atoms in total. The Labute approximate surface area is 95.3 Å². The Hall–Kier alpha value is -0.0400. The highest BCUT2D eigenvalue weighted by molar-refractivity contribution is 4.86. The second-order valence-corrected chi connectivity index (χ2v) is 6.04. The first kappa shape index (κ1) is 13.0. The molecule has 1 aliphatic carbocycles. The van der Waals surface area contributed by atoms with Gasteiger partial charge >= 0.3 is 0 Å². The van der Waals surface area contributed by atoms with Crippen molar-refractivity contribution in [2.24, 2.45) is 17.3 Å². The lowest BCUT2D eigenvalue weighted by Gasteiger charge is -2.42. The van der Waals surface area contributed by atoms with Crippen LogP contribution >= 0.6 is 0 Å².